The van der Waals surface area contributed by atoms with E-state index in [-0.39, 0.29) is 13.1 Å². The van der Waals surface area contributed by atoms with Gasteiger partial charge in [0.2, 0.25) is 0 Å². The summed E-state index contributed by atoms with van der Waals surface area (Å²) < 4.78 is 5.21. The summed E-state index contributed by atoms with van der Waals surface area (Å²) in [5.74, 6) is 0. The third kappa shape index (κ3) is 2.58. The van der Waals surface area contributed by atoms with E-state index in [1.807, 2.05) is 20.8 Å². The monoisotopic (exact) mass is 256 g/mol. The predicted molar refractivity (Wildman–Crippen MR) is 63.8 cm³/mol. The molecular weight excluding hydrogens is 240 g/mol. The topological polar surface area (TPSA) is 62.7 Å². The maximum Gasteiger partial charge on any atom is 0.410 e. The molecule has 94 valence electrons. The van der Waals surface area contributed by atoms with Crippen molar-refractivity contribution in [3.05, 3.63) is 16.6 Å². The number of nitrogens with zero attached hydrogens (tertiary/aromatic N) is 2. The van der Waals surface area contributed by atoms with E-state index < -0.39 is 17.3 Å². The molecule has 0 bridgehead atoms. The highest BCUT2D eigenvalue weighted by atomic mass is 32.1. The van der Waals surface area contributed by atoms with Crippen LogP contribution in [0.3, 0.4) is 0 Å². The van der Waals surface area contributed by atoms with Gasteiger partial charge in [0.1, 0.15) is 11.2 Å². The lowest BCUT2D eigenvalue weighted by Gasteiger charge is -2.45. The maximum atomic E-state index is 11.7. The normalized spacial score (nSPS) is 18.7. The SMILES string of the molecule is CC(C)(C)OC(=O)N1CC(O)(c2cscn2)C1. The number of carbonyl (C=O) groups excluding carboxylic acids is 1. The van der Waals surface area contributed by atoms with Crippen molar-refractivity contribution >= 4 is 17.4 Å². The van der Waals surface area contributed by atoms with Crippen LogP contribution >= 0.6 is 11.3 Å². The van der Waals surface area contributed by atoms with Gasteiger partial charge in [0.05, 0.1) is 24.3 Å². The van der Waals surface area contributed by atoms with Crippen LogP contribution in [0.25, 0.3) is 0 Å². The Balaban J connectivity index is 1.93. The first kappa shape index (κ1) is 12.3. The second-order valence-corrected chi connectivity index (χ2v) is 5.96. The van der Waals surface area contributed by atoms with Gasteiger partial charge in [-0.25, -0.2) is 9.78 Å². The Morgan fingerprint density at radius 3 is 2.71 bits per heavy atom. The second kappa shape index (κ2) is 3.96. The molecule has 0 aromatic carbocycles. The van der Waals surface area contributed by atoms with E-state index in [0.717, 1.165) is 0 Å². The first-order valence-corrected chi connectivity index (χ1v) is 6.33. The predicted octanol–water partition coefficient (Wildman–Crippen LogP) is 1.58. The van der Waals surface area contributed by atoms with Crippen LogP contribution in [0.15, 0.2) is 10.9 Å². The molecule has 1 saturated heterocycles. The van der Waals surface area contributed by atoms with E-state index in [1.165, 1.54) is 16.2 Å². The van der Waals surface area contributed by atoms with Crippen molar-refractivity contribution in [3.8, 4) is 0 Å². The Morgan fingerprint density at radius 2 is 2.24 bits per heavy atom. The van der Waals surface area contributed by atoms with E-state index >= 15 is 0 Å². The van der Waals surface area contributed by atoms with Crippen molar-refractivity contribution in [3.63, 3.8) is 0 Å². The van der Waals surface area contributed by atoms with Gasteiger partial charge in [0.25, 0.3) is 0 Å². The van der Waals surface area contributed by atoms with E-state index in [9.17, 15) is 9.90 Å². The van der Waals surface area contributed by atoms with Gasteiger partial charge in [-0.2, -0.15) is 0 Å². The average molecular weight is 256 g/mol. The smallest absolute Gasteiger partial charge is 0.410 e. The third-order valence-electron chi connectivity index (χ3n) is 2.47. The van der Waals surface area contributed by atoms with Crippen LogP contribution < -0.4 is 0 Å². The number of hydrogen-bond donors (Lipinski definition) is 1. The fourth-order valence-corrected chi connectivity index (χ4v) is 2.29. The molecule has 1 aliphatic rings. The molecule has 6 heteroatoms. The number of thiazole rings is 1. The highest BCUT2D eigenvalue weighted by Gasteiger charge is 2.47. The highest BCUT2D eigenvalue weighted by Crippen LogP contribution is 2.32. The van der Waals surface area contributed by atoms with Crippen molar-refractivity contribution in [1.29, 1.82) is 0 Å². The summed E-state index contributed by atoms with van der Waals surface area (Å²) in [6.07, 6.45) is -0.391. The molecule has 1 N–H and O–H groups in total. The fraction of sp³-hybridized carbons (Fsp3) is 0.636. The molecule has 5 nitrogen and oxygen atoms in total. The molecular formula is C11H16N2O3S. The van der Waals surface area contributed by atoms with Crippen LogP contribution in [0.1, 0.15) is 26.5 Å². The molecule has 0 saturated carbocycles. The largest absolute Gasteiger partial charge is 0.444 e. The standard InChI is InChI=1S/C11H16N2O3S/c1-10(2,3)16-9(14)13-5-11(15,6-13)8-4-17-7-12-8/h4,7,15H,5-6H2,1-3H3. The fourth-order valence-electron chi connectivity index (χ4n) is 1.65. The van der Waals surface area contributed by atoms with Crippen molar-refractivity contribution in [2.75, 3.05) is 13.1 Å². The zero-order valence-corrected chi connectivity index (χ0v) is 11.0. The Labute approximate surface area is 104 Å². The summed E-state index contributed by atoms with van der Waals surface area (Å²) in [5, 5.41) is 12.0. The van der Waals surface area contributed by atoms with Gasteiger partial charge in [0.15, 0.2) is 0 Å². The molecule has 1 fully saturated rings. The van der Waals surface area contributed by atoms with E-state index in [4.69, 9.17) is 4.74 Å². The van der Waals surface area contributed by atoms with Crippen LogP contribution in [-0.4, -0.2) is 39.8 Å². The number of β-amino-alcohol motifs (C(OH)–C–C–N with tert-alkyl or cyclic N) is 1. The molecule has 2 heterocycles. The number of rotatable bonds is 1. The number of ether oxygens (including phenoxy) is 1. The molecule has 0 atom stereocenters. The van der Waals surface area contributed by atoms with Crippen molar-refractivity contribution in [1.82, 2.24) is 9.88 Å². The van der Waals surface area contributed by atoms with Crippen LogP contribution in [0.2, 0.25) is 0 Å². The minimum atomic E-state index is -1.00. The Bertz CT molecular complexity index is 405. The van der Waals surface area contributed by atoms with E-state index in [0.29, 0.717) is 5.69 Å². The molecule has 1 aliphatic heterocycles. The average Bonchev–Trinajstić information content (AvgIpc) is 2.62. The summed E-state index contributed by atoms with van der Waals surface area (Å²) >= 11 is 1.43. The first-order chi connectivity index (χ1) is 7.80. The van der Waals surface area contributed by atoms with E-state index in [1.54, 1.807) is 10.9 Å². The Morgan fingerprint density at radius 1 is 1.59 bits per heavy atom. The van der Waals surface area contributed by atoms with Gasteiger partial charge in [-0.1, -0.05) is 0 Å². The zero-order valence-electron chi connectivity index (χ0n) is 10.1. The lowest BCUT2D eigenvalue weighted by Crippen LogP contribution is -2.62. The molecule has 0 spiro atoms. The van der Waals surface area contributed by atoms with Gasteiger partial charge >= 0.3 is 6.09 Å². The lowest BCUT2D eigenvalue weighted by molar-refractivity contribution is -0.105. The van der Waals surface area contributed by atoms with Crippen molar-refractivity contribution < 1.29 is 14.6 Å². The molecule has 0 aliphatic carbocycles. The molecule has 0 radical (unpaired) electrons. The summed E-state index contributed by atoms with van der Waals surface area (Å²) in [6, 6.07) is 0. The number of amides is 1. The van der Waals surface area contributed by atoms with Crippen molar-refractivity contribution in [2.24, 2.45) is 0 Å². The summed E-state index contributed by atoms with van der Waals surface area (Å²) in [4.78, 5) is 17.2. The number of carbonyl (C=O) groups is 1. The van der Waals surface area contributed by atoms with Gasteiger partial charge in [0, 0.05) is 5.38 Å². The van der Waals surface area contributed by atoms with Gasteiger partial charge in [-0.05, 0) is 20.8 Å². The number of hydrogen-bond acceptors (Lipinski definition) is 5. The first-order valence-electron chi connectivity index (χ1n) is 5.39. The molecule has 1 amide bonds. The summed E-state index contributed by atoms with van der Waals surface area (Å²) in [7, 11) is 0. The van der Waals surface area contributed by atoms with Gasteiger partial charge < -0.3 is 14.7 Å². The quantitative estimate of drug-likeness (QED) is 0.828. The summed E-state index contributed by atoms with van der Waals surface area (Å²) in [6.45, 7) is 5.93. The molecule has 17 heavy (non-hydrogen) atoms. The van der Waals surface area contributed by atoms with Crippen LogP contribution in [0.5, 0.6) is 0 Å². The highest BCUT2D eigenvalue weighted by molar-refractivity contribution is 7.07. The minimum absolute atomic E-state index is 0.242. The molecule has 1 aromatic heterocycles. The van der Waals surface area contributed by atoms with Crippen molar-refractivity contribution in [2.45, 2.75) is 32.0 Å². The minimum Gasteiger partial charge on any atom is -0.444 e. The van der Waals surface area contributed by atoms with Crippen LogP contribution in [0.4, 0.5) is 4.79 Å². The Hall–Kier alpha value is -1.14. The summed E-state index contributed by atoms with van der Waals surface area (Å²) in [5.41, 5.74) is 0.786. The molecule has 2 rings (SSSR count). The van der Waals surface area contributed by atoms with E-state index in [2.05, 4.69) is 4.98 Å². The maximum absolute atomic E-state index is 11.7. The number of aromatic nitrogens is 1. The Kier molecular flexibility index (Phi) is 2.87. The third-order valence-corrected chi connectivity index (χ3v) is 3.05. The molecule has 0 unspecified atom stereocenters. The number of likely N-dealkylation sites (tertiary alicyclic amines) is 1. The second-order valence-electron chi connectivity index (χ2n) is 5.24. The lowest BCUT2D eigenvalue weighted by atomic mass is 9.92. The zero-order chi connectivity index (χ0) is 12.7. The van der Waals surface area contributed by atoms with Crippen LogP contribution in [0, 0.1) is 0 Å². The van der Waals surface area contributed by atoms with Crippen LogP contribution in [-0.2, 0) is 10.3 Å². The van der Waals surface area contributed by atoms with Gasteiger partial charge in [-0.15, -0.1) is 11.3 Å². The number of aliphatic hydroxyl groups is 1. The molecule has 1 aromatic rings. The van der Waals surface area contributed by atoms with Gasteiger partial charge in [-0.3, -0.25) is 0 Å².